The van der Waals surface area contributed by atoms with Gasteiger partial charge in [-0.1, -0.05) is 37.3 Å². The number of hydrogen-bond donors (Lipinski definition) is 1. The van der Waals surface area contributed by atoms with E-state index >= 15 is 0 Å². The Morgan fingerprint density at radius 1 is 1.03 bits per heavy atom. The Labute approximate surface area is 194 Å². The maximum atomic E-state index is 12.5. The van der Waals surface area contributed by atoms with Crippen molar-refractivity contribution in [3.05, 3.63) is 83.9 Å². The van der Waals surface area contributed by atoms with E-state index in [1.54, 1.807) is 12.1 Å². The summed E-state index contributed by atoms with van der Waals surface area (Å²) < 4.78 is 11.4. The summed E-state index contributed by atoms with van der Waals surface area (Å²) in [5, 5.41) is 2.80. The van der Waals surface area contributed by atoms with Crippen LogP contribution in [-0.2, 0) is 12.0 Å². The number of hydrogen-bond acceptors (Lipinski definition) is 5. The number of nitrogens with one attached hydrogen (secondary N) is 1. The number of likely N-dealkylation sites (tertiary alicyclic amines) is 1. The maximum absolute atomic E-state index is 12.5. The first-order valence-corrected chi connectivity index (χ1v) is 11.3. The lowest BCUT2D eigenvalue weighted by Gasteiger charge is -2.32. The molecule has 0 aromatic heterocycles. The molecule has 6 heteroatoms. The van der Waals surface area contributed by atoms with Gasteiger partial charge in [-0.05, 0) is 67.1 Å². The molecule has 1 N–H and O–H groups in total. The molecule has 170 valence electrons. The summed E-state index contributed by atoms with van der Waals surface area (Å²) in [5.74, 6) is 1.30. The van der Waals surface area contributed by atoms with Gasteiger partial charge in [0.15, 0.2) is 0 Å². The molecule has 1 saturated heterocycles. The van der Waals surface area contributed by atoms with Crippen LogP contribution in [0.2, 0.25) is 0 Å². The minimum atomic E-state index is -0.510. The van der Waals surface area contributed by atoms with E-state index in [9.17, 15) is 4.79 Å². The minimum Gasteiger partial charge on any atom is -0.489 e. The van der Waals surface area contributed by atoms with Gasteiger partial charge in [0.25, 0.3) is 0 Å². The van der Waals surface area contributed by atoms with Gasteiger partial charge in [-0.3, -0.25) is 10.2 Å². The number of benzene rings is 3. The first kappa shape index (κ1) is 21.3. The molecule has 6 nitrogen and oxygen atoms in total. The number of amides is 1. The second-order valence-electron chi connectivity index (χ2n) is 9.12. The lowest BCUT2D eigenvalue weighted by molar-refractivity contribution is 0.215. The number of carbonyl (C=O) groups is 1. The molecule has 33 heavy (non-hydrogen) atoms. The lowest BCUT2D eigenvalue weighted by Crippen LogP contribution is -2.45. The fraction of sp³-hybridized carbons (Fsp3) is 0.296. The quantitative estimate of drug-likeness (QED) is 0.584. The molecule has 2 atom stereocenters. The average Bonchev–Trinajstić information content (AvgIpc) is 3.24. The zero-order valence-electron chi connectivity index (χ0n) is 19.2. The highest BCUT2D eigenvalue weighted by atomic mass is 16.6. The molecule has 2 aliphatic rings. The molecule has 0 spiro atoms. The fourth-order valence-corrected chi connectivity index (χ4v) is 5.24. The highest BCUT2D eigenvalue weighted by Gasteiger charge is 2.52. The van der Waals surface area contributed by atoms with Gasteiger partial charge in [-0.15, -0.1) is 0 Å². The van der Waals surface area contributed by atoms with Crippen molar-refractivity contribution in [1.29, 1.82) is 0 Å². The summed E-state index contributed by atoms with van der Waals surface area (Å²) in [6.07, 6.45) is 0.906. The molecule has 0 saturated carbocycles. The van der Waals surface area contributed by atoms with Crippen molar-refractivity contribution in [3.63, 3.8) is 0 Å². The molecule has 1 unspecified atom stereocenters. The van der Waals surface area contributed by atoms with Crippen LogP contribution >= 0.6 is 0 Å². The van der Waals surface area contributed by atoms with Gasteiger partial charge >= 0.3 is 6.09 Å². The molecule has 0 aliphatic carbocycles. The number of ether oxygens (including phenoxy) is 2. The lowest BCUT2D eigenvalue weighted by atomic mass is 9.81. The molecule has 1 fully saturated rings. The molecule has 5 rings (SSSR count). The number of rotatable bonds is 5. The fourth-order valence-electron chi connectivity index (χ4n) is 5.24. The summed E-state index contributed by atoms with van der Waals surface area (Å²) in [6.45, 7) is 3.86. The van der Waals surface area contributed by atoms with Crippen LogP contribution < -0.4 is 19.7 Å². The maximum Gasteiger partial charge on any atom is 0.417 e. The molecule has 0 bridgehead atoms. The van der Waals surface area contributed by atoms with Crippen LogP contribution in [0.15, 0.2) is 72.8 Å². The van der Waals surface area contributed by atoms with Crippen LogP contribution in [-0.4, -0.2) is 37.8 Å². The largest absolute Gasteiger partial charge is 0.489 e. The number of nitrogens with zero attached hydrogens (tertiary/aromatic N) is 2. The van der Waals surface area contributed by atoms with Gasteiger partial charge in [0.1, 0.15) is 18.1 Å². The van der Waals surface area contributed by atoms with Gasteiger partial charge in [0.05, 0.1) is 6.17 Å². The van der Waals surface area contributed by atoms with E-state index < -0.39 is 6.09 Å². The molecule has 2 aliphatic heterocycles. The summed E-state index contributed by atoms with van der Waals surface area (Å²) >= 11 is 0. The van der Waals surface area contributed by atoms with E-state index in [4.69, 9.17) is 9.47 Å². The third-order valence-corrected chi connectivity index (χ3v) is 6.86. The van der Waals surface area contributed by atoms with Crippen molar-refractivity contribution in [2.75, 3.05) is 30.9 Å². The summed E-state index contributed by atoms with van der Waals surface area (Å²) in [7, 11) is 4.30. The van der Waals surface area contributed by atoms with Gasteiger partial charge in [0, 0.05) is 30.4 Å². The number of fused-ring (bicyclic) bond motifs is 3. The summed E-state index contributed by atoms with van der Waals surface area (Å²) in [4.78, 5) is 17.2. The molecule has 3 aromatic carbocycles. The van der Waals surface area contributed by atoms with E-state index in [0.29, 0.717) is 24.2 Å². The predicted octanol–water partition coefficient (Wildman–Crippen LogP) is 5.25. The Hall–Kier alpha value is -3.51. The Morgan fingerprint density at radius 2 is 1.76 bits per heavy atom. The van der Waals surface area contributed by atoms with E-state index in [1.807, 2.05) is 60.7 Å². The zero-order chi connectivity index (χ0) is 23.0. The summed E-state index contributed by atoms with van der Waals surface area (Å²) in [6, 6.07) is 23.2. The van der Waals surface area contributed by atoms with E-state index in [-0.39, 0.29) is 5.41 Å². The van der Waals surface area contributed by atoms with Crippen molar-refractivity contribution in [3.8, 4) is 11.5 Å². The van der Waals surface area contributed by atoms with Crippen LogP contribution in [0.4, 0.5) is 16.2 Å². The van der Waals surface area contributed by atoms with Crippen LogP contribution in [0.5, 0.6) is 11.5 Å². The van der Waals surface area contributed by atoms with E-state index in [0.717, 1.165) is 24.3 Å². The topological polar surface area (TPSA) is 54.0 Å². The SMILES string of the molecule is CN1CC[C@@]2(C)c3cc(OC(=O)Nc4ccc(OCc5ccccc5)cc4)ccc3N(C)C12. The van der Waals surface area contributed by atoms with E-state index in [2.05, 4.69) is 36.1 Å². The average molecular weight is 444 g/mol. The van der Waals surface area contributed by atoms with Gasteiger partial charge < -0.3 is 14.4 Å². The first-order chi connectivity index (χ1) is 15.9. The Bertz CT molecular complexity index is 1150. The van der Waals surface area contributed by atoms with Gasteiger partial charge in [-0.2, -0.15) is 0 Å². The number of likely N-dealkylation sites (N-methyl/N-ethyl adjacent to an activating group) is 2. The minimum absolute atomic E-state index is 0.0320. The predicted molar refractivity (Wildman–Crippen MR) is 130 cm³/mol. The van der Waals surface area contributed by atoms with Crippen molar-refractivity contribution < 1.29 is 14.3 Å². The van der Waals surface area contributed by atoms with Crippen LogP contribution in [0.25, 0.3) is 0 Å². The standard InChI is InChI=1S/C27H29N3O3/c1-27-15-16-29(2)25(27)30(3)24-14-13-22(17-23(24)27)33-26(31)28-20-9-11-21(12-10-20)32-18-19-7-5-4-6-8-19/h4-14,17,25H,15-16,18H2,1-3H3,(H,28,31)/t25?,27-/m0/s1. The number of anilines is 2. The second kappa shape index (κ2) is 8.45. The molecule has 2 heterocycles. The molecular formula is C27H29N3O3. The third-order valence-electron chi connectivity index (χ3n) is 6.86. The first-order valence-electron chi connectivity index (χ1n) is 11.3. The second-order valence-corrected chi connectivity index (χ2v) is 9.12. The molecular weight excluding hydrogens is 414 g/mol. The molecule has 0 radical (unpaired) electrons. The van der Waals surface area contributed by atoms with Crippen LogP contribution in [0.3, 0.4) is 0 Å². The third kappa shape index (κ3) is 4.02. The van der Waals surface area contributed by atoms with Crippen molar-refractivity contribution in [1.82, 2.24) is 4.90 Å². The van der Waals surface area contributed by atoms with Gasteiger partial charge in [-0.25, -0.2) is 4.79 Å². The van der Waals surface area contributed by atoms with E-state index in [1.165, 1.54) is 11.3 Å². The highest BCUT2D eigenvalue weighted by molar-refractivity contribution is 5.86. The smallest absolute Gasteiger partial charge is 0.417 e. The molecule has 1 amide bonds. The normalized spacial score (nSPS) is 21.4. The Morgan fingerprint density at radius 3 is 2.52 bits per heavy atom. The van der Waals surface area contributed by atoms with Gasteiger partial charge in [0.2, 0.25) is 0 Å². The van der Waals surface area contributed by atoms with Crippen LogP contribution in [0.1, 0.15) is 24.5 Å². The summed E-state index contributed by atoms with van der Waals surface area (Å²) in [5.41, 5.74) is 4.23. The van der Waals surface area contributed by atoms with Crippen molar-refractivity contribution in [2.24, 2.45) is 0 Å². The highest BCUT2D eigenvalue weighted by Crippen LogP contribution is 2.51. The monoisotopic (exact) mass is 443 g/mol. The Balaban J connectivity index is 1.21. The van der Waals surface area contributed by atoms with Crippen molar-refractivity contribution >= 4 is 17.5 Å². The van der Waals surface area contributed by atoms with Crippen molar-refractivity contribution in [2.45, 2.75) is 31.5 Å². The number of carbonyl (C=O) groups excluding carboxylic acids is 1. The molecule has 3 aromatic rings. The zero-order valence-corrected chi connectivity index (χ0v) is 19.2. The Kier molecular flexibility index (Phi) is 5.46. The van der Waals surface area contributed by atoms with Crippen LogP contribution in [0, 0.1) is 0 Å².